The Kier molecular flexibility index (Phi) is 5.03. The maximum atomic E-state index is 12.4. The van der Waals surface area contributed by atoms with Gasteiger partial charge in [-0.25, -0.2) is 4.98 Å². The summed E-state index contributed by atoms with van der Waals surface area (Å²) in [5.74, 6) is 0.541. The molecular formula is C17H21N3O2S. The molecule has 0 spiro atoms. The lowest BCUT2D eigenvalue weighted by molar-refractivity contribution is -0.135. The molecule has 1 atom stereocenters. The second kappa shape index (κ2) is 7.19. The third-order valence-corrected chi connectivity index (χ3v) is 4.85. The van der Waals surface area contributed by atoms with Crippen molar-refractivity contribution in [2.45, 2.75) is 25.1 Å². The number of carbonyl (C=O) groups excluding carboxylic acids is 1. The first-order valence-electron chi connectivity index (χ1n) is 7.76. The van der Waals surface area contributed by atoms with Gasteiger partial charge in [0.25, 0.3) is 0 Å². The molecule has 1 fully saturated rings. The maximum Gasteiger partial charge on any atom is 0.233 e. The minimum atomic E-state index is 0.117. The molecule has 122 valence electrons. The van der Waals surface area contributed by atoms with Crippen molar-refractivity contribution < 1.29 is 9.53 Å². The second-order valence-corrected chi connectivity index (χ2v) is 6.62. The number of aryl methyl sites for hydroxylation is 1. The highest BCUT2D eigenvalue weighted by atomic mass is 32.2. The second-order valence-electron chi connectivity index (χ2n) is 5.68. The van der Waals surface area contributed by atoms with E-state index in [9.17, 15) is 4.79 Å². The van der Waals surface area contributed by atoms with Crippen molar-refractivity contribution >= 4 is 17.7 Å². The van der Waals surface area contributed by atoms with Crippen molar-refractivity contribution in [1.82, 2.24) is 14.5 Å². The van der Waals surface area contributed by atoms with Crippen molar-refractivity contribution in [2.24, 2.45) is 0 Å². The number of hydrogen-bond donors (Lipinski definition) is 0. The number of carbonyl (C=O) groups is 1. The molecule has 2 heterocycles. The lowest BCUT2D eigenvalue weighted by Gasteiger charge is -2.31. The first kappa shape index (κ1) is 16.1. The van der Waals surface area contributed by atoms with Crippen molar-refractivity contribution in [3.8, 4) is 5.69 Å². The van der Waals surface area contributed by atoms with Crippen molar-refractivity contribution in [2.75, 3.05) is 25.4 Å². The monoisotopic (exact) mass is 331 g/mol. The molecule has 1 amide bonds. The molecule has 1 aromatic carbocycles. The lowest BCUT2D eigenvalue weighted by Crippen LogP contribution is -2.45. The van der Waals surface area contributed by atoms with E-state index in [-0.39, 0.29) is 12.0 Å². The van der Waals surface area contributed by atoms with Crippen molar-refractivity contribution in [3.05, 3.63) is 42.2 Å². The van der Waals surface area contributed by atoms with Gasteiger partial charge < -0.3 is 9.64 Å². The van der Waals surface area contributed by atoms with Crippen LogP contribution in [0.4, 0.5) is 0 Å². The van der Waals surface area contributed by atoms with Gasteiger partial charge in [0.1, 0.15) is 0 Å². The van der Waals surface area contributed by atoms with Gasteiger partial charge in [-0.2, -0.15) is 0 Å². The zero-order valence-electron chi connectivity index (χ0n) is 13.4. The van der Waals surface area contributed by atoms with Gasteiger partial charge >= 0.3 is 0 Å². The molecule has 1 aromatic heterocycles. The summed E-state index contributed by atoms with van der Waals surface area (Å²) in [5, 5.41) is 0.842. The number of imidazole rings is 1. The smallest absolute Gasteiger partial charge is 0.233 e. The first-order valence-corrected chi connectivity index (χ1v) is 8.75. The number of thioether (sulfide) groups is 1. The molecule has 0 unspecified atom stereocenters. The van der Waals surface area contributed by atoms with E-state index in [1.807, 2.05) is 34.7 Å². The molecule has 0 radical (unpaired) electrons. The molecule has 1 saturated heterocycles. The van der Waals surface area contributed by atoms with Crippen LogP contribution >= 0.6 is 11.8 Å². The molecule has 3 rings (SSSR count). The van der Waals surface area contributed by atoms with E-state index in [0.29, 0.717) is 25.4 Å². The van der Waals surface area contributed by atoms with Crippen molar-refractivity contribution in [3.63, 3.8) is 0 Å². The van der Waals surface area contributed by atoms with Gasteiger partial charge in [0, 0.05) is 25.5 Å². The fourth-order valence-electron chi connectivity index (χ4n) is 2.68. The summed E-state index contributed by atoms with van der Waals surface area (Å²) in [7, 11) is 0. The molecule has 0 bridgehead atoms. The van der Waals surface area contributed by atoms with Gasteiger partial charge in [0.2, 0.25) is 5.91 Å². The Bertz CT molecular complexity index is 686. The van der Waals surface area contributed by atoms with E-state index in [1.165, 1.54) is 17.3 Å². The molecule has 5 nitrogen and oxygen atoms in total. The van der Waals surface area contributed by atoms with E-state index >= 15 is 0 Å². The summed E-state index contributed by atoms with van der Waals surface area (Å²) in [4.78, 5) is 18.6. The predicted octanol–water partition coefficient (Wildman–Crippen LogP) is 2.52. The first-order chi connectivity index (χ1) is 11.1. The van der Waals surface area contributed by atoms with Crippen LogP contribution in [0, 0.1) is 6.92 Å². The highest BCUT2D eigenvalue weighted by molar-refractivity contribution is 7.99. The average Bonchev–Trinajstić information content (AvgIpc) is 3.01. The standard InChI is InChI=1S/C17H21N3O2S/c1-13-5-3-4-6-15(13)20-8-7-18-17(20)23-12-16(21)19-9-10-22-14(2)11-19/h3-8,14H,9-12H2,1-2H3/t14-/m0/s1. The van der Waals surface area contributed by atoms with Gasteiger partial charge in [0.05, 0.1) is 24.2 Å². The van der Waals surface area contributed by atoms with Crippen LogP contribution in [0.2, 0.25) is 0 Å². The molecule has 0 saturated carbocycles. The Morgan fingerprint density at radius 2 is 2.26 bits per heavy atom. The molecule has 1 aliphatic rings. The Morgan fingerprint density at radius 3 is 3.04 bits per heavy atom. The fraction of sp³-hybridized carbons (Fsp3) is 0.412. The molecule has 0 N–H and O–H groups in total. The molecule has 23 heavy (non-hydrogen) atoms. The topological polar surface area (TPSA) is 47.4 Å². The Hall–Kier alpha value is -1.79. The normalized spacial score (nSPS) is 18.2. The summed E-state index contributed by atoms with van der Waals surface area (Å²) in [6.45, 7) is 6.04. The Morgan fingerprint density at radius 1 is 1.43 bits per heavy atom. The zero-order valence-corrected chi connectivity index (χ0v) is 14.3. The van der Waals surface area contributed by atoms with Crippen LogP contribution in [0.5, 0.6) is 0 Å². The van der Waals surface area contributed by atoms with Crippen LogP contribution in [-0.4, -0.2) is 51.9 Å². The summed E-state index contributed by atoms with van der Waals surface area (Å²) < 4.78 is 7.52. The molecular weight excluding hydrogens is 310 g/mol. The summed E-state index contributed by atoms with van der Waals surface area (Å²) in [6, 6.07) is 8.17. The number of nitrogens with zero attached hydrogens (tertiary/aromatic N) is 3. The summed E-state index contributed by atoms with van der Waals surface area (Å²) in [5.41, 5.74) is 2.28. The molecule has 6 heteroatoms. The van der Waals surface area contributed by atoms with E-state index in [4.69, 9.17) is 4.74 Å². The number of benzene rings is 1. The third kappa shape index (κ3) is 3.76. The SMILES string of the molecule is Cc1ccccc1-n1ccnc1SCC(=O)N1CCO[C@@H](C)C1. The number of amides is 1. The number of para-hydroxylation sites is 1. The maximum absolute atomic E-state index is 12.4. The van der Waals surface area contributed by atoms with E-state index in [0.717, 1.165) is 10.8 Å². The molecule has 0 aliphatic carbocycles. The molecule has 2 aromatic rings. The van der Waals surface area contributed by atoms with Gasteiger partial charge in [-0.05, 0) is 25.5 Å². The largest absolute Gasteiger partial charge is 0.375 e. The number of hydrogen-bond acceptors (Lipinski definition) is 4. The number of ether oxygens (including phenoxy) is 1. The quantitative estimate of drug-likeness (QED) is 0.808. The van der Waals surface area contributed by atoms with Crippen LogP contribution in [0.25, 0.3) is 5.69 Å². The fourth-order valence-corrected chi connectivity index (χ4v) is 3.54. The van der Waals surface area contributed by atoms with Gasteiger partial charge in [-0.3, -0.25) is 9.36 Å². The van der Waals surface area contributed by atoms with E-state index in [2.05, 4.69) is 24.0 Å². The molecule has 1 aliphatic heterocycles. The predicted molar refractivity (Wildman–Crippen MR) is 91.0 cm³/mol. The highest BCUT2D eigenvalue weighted by Gasteiger charge is 2.21. The Balaban J connectivity index is 1.67. The van der Waals surface area contributed by atoms with Crippen LogP contribution in [-0.2, 0) is 9.53 Å². The Labute approximate surface area is 140 Å². The van der Waals surface area contributed by atoms with Gasteiger partial charge in [0.15, 0.2) is 5.16 Å². The number of morpholine rings is 1. The summed E-state index contributed by atoms with van der Waals surface area (Å²) >= 11 is 1.48. The van der Waals surface area contributed by atoms with E-state index < -0.39 is 0 Å². The van der Waals surface area contributed by atoms with Gasteiger partial charge in [-0.15, -0.1) is 0 Å². The van der Waals surface area contributed by atoms with Gasteiger partial charge in [-0.1, -0.05) is 30.0 Å². The zero-order chi connectivity index (χ0) is 16.2. The van der Waals surface area contributed by atoms with Crippen LogP contribution in [0.1, 0.15) is 12.5 Å². The van der Waals surface area contributed by atoms with Crippen LogP contribution < -0.4 is 0 Å². The van der Waals surface area contributed by atoms with E-state index in [1.54, 1.807) is 6.20 Å². The third-order valence-electron chi connectivity index (χ3n) is 3.90. The number of aromatic nitrogens is 2. The minimum Gasteiger partial charge on any atom is -0.375 e. The highest BCUT2D eigenvalue weighted by Crippen LogP contribution is 2.23. The summed E-state index contributed by atoms with van der Waals surface area (Å²) in [6.07, 6.45) is 3.83. The number of rotatable bonds is 4. The lowest BCUT2D eigenvalue weighted by atomic mass is 10.2. The van der Waals surface area contributed by atoms with Crippen molar-refractivity contribution in [1.29, 1.82) is 0 Å². The van der Waals surface area contributed by atoms with Crippen LogP contribution in [0.15, 0.2) is 41.8 Å². The minimum absolute atomic E-state index is 0.117. The average molecular weight is 331 g/mol. The van der Waals surface area contributed by atoms with Crippen LogP contribution in [0.3, 0.4) is 0 Å².